The molecule has 4 nitrogen and oxygen atoms in total. The van der Waals surface area contributed by atoms with Gasteiger partial charge in [0.25, 0.3) is 0 Å². The van der Waals surface area contributed by atoms with E-state index in [0.29, 0.717) is 0 Å². The minimum atomic E-state index is -0.354. The average molecular weight is 338 g/mol. The van der Waals surface area contributed by atoms with Gasteiger partial charge in [-0.3, -0.25) is 10.1 Å². The van der Waals surface area contributed by atoms with E-state index in [1.54, 1.807) is 23.5 Å². The number of nitro groups is 1. The van der Waals surface area contributed by atoms with Gasteiger partial charge in [0.2, 0.25) is 0 Å². The number of nitrogens with zero attached hydrogens (tertiary/aromatic N) is 2. The molecule has 0 aliphatic rings. The predicted molar refractivity (Wildman–Crippen MR) is 95.0 cm³/mol. The first kappa shape index (κ1) is 14.0. The summed E-state index contributed by atoms with van der Waals surface area (Å²) in [6, 6.07) is 19.4. The summed E-state index contributed by atoms with van der Waals surface area (Å²) < 4.78 is 0. The lowest BCUT2D eigenvalue weighted by atomic mass is 10.2. The molecule has 3 aromatic heterocycles. The minimum absolute atomic E-state index is 0.166. The number of aromatic nitrogens is 1. The van der Waals surface area contributed by atoms with Gasteiger partial charge in [-0.25, -0.2) is 4.98 Å². The first-order valence-corrected chi connectivity index (χ1v) is 8.54. The Morgan fingerprint density at radius 1 is 0.826 bits per heavy atom. The maximum atomic E-state index is 10.8. The quantitative estimate of drug-likeness (QED) is 0.361. The number of thiophene rings is 2. The van der Waals surface area contributed by atoms with Crippen LogP contribution in [0, 0.1) is 10.1 Å². The fraction of sp³-hybridized carbons (Fsp3) is 0. The molecule has 0 spiro atoms. The monoisotopic (exact) mass is 338 g/mol. The predicted octanol–water partition coefficient (Wildman–Crippen LogP) is 5.60. The Balaban J connectivity index is 1.72. The number of pyridine rings is 1. The van der Waals surface area contributed by atoms with Crippen molar-refractivity contribution in [1.82, 2.24) is 4.98 Å². The van der Waals surface area contributed by atoms with Crippen LogP contribution in [0.25, 0.3) is 31.2 Å². The second kappa shape index (κ2) is 5.57. The summed E-state index contributed by atoms with van der Waals surface area (Å²) in [6.07, 6.45) is 0. The maximum absolute atomic E-state index is 10.8. The first-order chi connectivity index (χ1) is 11.2. The maximum Gasteiger partial charge on any atom is 0.324 e. The lowest BCUT2D eigenvalue weighted by Crippen LogP contribution is -1.81. The number of hydrogen-bond acceptors (Lipinski definition) is 5. The Kier molecular flexibility index (Phi) is 3.40. The van der Waals surface area contributed by atoms with Crippen molar-refractivity contribution in [2.24, 2.45) is 0 Å². The van der Waals surface area contributed by atoms with Crippen molar-refractivity contribution in [3.8, 4) is 20.3 Å². The molecule has 4 aromatic rings. The van der Waals surface area contributed by atoms with Gasteiger partial charge >= 0.3 is 5.00 Å². The summed E-state index contributed by atoms with van der Waals surface area (Å²) in [5.74, 6) is 0. The Labute approximate surface area is 139 Å². The zero-order valence-electron chi connectivity index (χ0n) is 11.8. The van der Waals surface area contributed by atoms with Gasteiger partial charge in [-0.15, -0.1) is 11.3 Å². The van der Waals surface area contributed by atoms with Gasteiger partial charge in [0, 0.05) is 16.3 Å². The smallest absolute Gasteiger partial charge is 0.258 e. The van der Waals surface area contributed by atoms with E-state index in [1.807, 2.05) is 42.5 Å². The van der Waals surface area contributed by atoms with Gasteiger partial charge in [0.1, 0.15) is 0 Å². The van der Waals surface area contributed by atoms with Crippen molar-refractivity contribution >= 4 is 38.6 Å². The fourth-order valence-corrected chi connectivity index (χ4v) is 4.26. The summed E-state index contributed by atoms with van der Waals surface area (Å²) in [6.45, 7) is 0. The van der Waals surface area contributed by atoms with E-state index in [1.165, 1.54) is 11.3 Å². The van der Waals surface area contributed by atoms with Gasteiger partial charge in [0.15, 0.2) is 0 Å². The topological polar surface area (TPSA) is 56.0 Å². The molecule has 23 heavy (non-hydrogen) atoms. The second-order valence-electron chi connectivity index (χ2n) is 4.95. The highest BCUT2D eigenvalue weighted by atomic mass is 32.1. The molecule has 0 amide bonds. The van der Waals surface area contributed by atoms with Crippen LogP contribution in [0.4, 0.5) is 5.00 Å². The largest absolute Gasteiger partial charge is 0.324 e. The Bertz CT molecular complexity index is 1020. The molecule has 0 aliphatic heterocycles. The number of fused-ring (bicyclic) bond motifs is 1. The summed E-state index contributed by atoms with van der Waals surface area (Å²) in [5, 5.41) is 12.1. The normalized spacial score (nSPS) is 11.0. The fourth-order valence-electron chi connectivity index (χ4n) is 2.37. The van der Waals surface area contributed by atoms with E-state index in [-0.39, 0.29) is 9.92 Å². The van der Waals surface area contributed by atoms with E-state index in [2.05, 4.69) is 6.07 Å². The van der Waals surface area contributed by atoms with Crippen molar-refractivity contribution in [2.75, 3.05) is 0 Å². The van der Waals surface area contributed by atoms with E-state index >= 15 is 0 Å². The third-order valence-electron chi connectivity index (χ3n) is 3.47. The molecule has 0 aliphatic carbocycles. The molecule has 0 N–H and O–H groups in total. The highest BCUT2D eigenvalue weighted by molar-refractivity contribution is 7.25. The van der Waals surface area contributed by atoms with Gasteiger partial charge in [-0.05, 0) is 30.3 Å². The number of hydrogen-bond donors (Lipinski definition) is 0. The molecule has 112 valence electrons. The summed E-state index contributed by atoms with van der Waals surface area (Å²) >= 11 is 2.79. The number of rotatable bonds is 3. The molecule has 0 saturated carbocycles. The molecule has 0 radical (unpaired) electrons. The minimum Gasteiger partial charge on any atom is -0.258 e. The van der Waals surface area contributed by atoms with Crippen LogP contribution in [0.5, 0.6) is 0 Å². The third kappa shape index (κ3) is 2.62. The second-order valence-corrected chi connectivity index (χ2v) is 7.09. The van der Waals surface area contributed by atoms with Crippen molar-refractivity contribution in [2.45, 2.75) is 0 Å². The van der Waals surface area contributed by atoms with Crippen LogP contribution < -0.4 is 0 Å². The Morgan fingerprint density at radius 3 is 2.39 bits per heavy atom. The van der Waals surface area contributed by atoms with Gasteiger partial charge in [-0.2, -0.15) is 0 Å². The SMILES string of the molecule is O=[N+]([O-])c1ccc(-c2ccc(-c3ccc4ccccc4n3)s2)s1. The summed E-state index contributed by atoms with van der Waals surface area (Å²) in [4.78, 5) is 18.1. The van der Waals surface area contributed by atoms with E-state index < -0.39 is 0 Å². The molecule has 0 atom stereocenters. The van der Waals surface area contributed by atoms with Gasteiger partial charge in [-0.1, -0.05) is 35.6 Å². The van der Waals surface area contributed by atoms with Crippen molar-refractivity contribution < 1.29 is 4.92 Å². The van der Waals surface area contributed by atoms with Crippen LogP contribution in [0.3, 0.4) is 0 Å². The molecule has 0 fully saturated rings. The van der Waals surface area contributed by atoms with Crippen LogP contribution in [0.1, 0.15) is 0 Å². The van der Waals surface area contributed by atoms with Crippen molar-refractivity contribution in [3.05, 3.63) is 70.8 Å². The molecule has 4 rings (SSSR count). The third-order valence-corrected chi connectivity index (χ3v) is 5.81. The van der Waals surface area contributed by atoms with E-state index in [9.17, 15) is 10.1 Å². The number of para-hydroxylation sites is 1. The number of benzene rings is 1. The van der Waals surface area contributed by atoms with Crippen LogP contribution in [-0.4, -0.2) is 9.91 Å². The highest BCUT2D eigenvalue weighted by Gasteiger charge is 2.13. The Morgan fingerprint density at radius 2 is 1.57 bits per heavy atom. The van der Waals surface area contributed by atoms with Crippen molar-refractivity contribution in [3.63, 3.8) is 0 Å². The molecule has 1 aromatic carbocycles. The molecular formula is C17H10N2O2S2. The molecule has 0 saturated heterocycles. The van der Waals surface area contributed by atoms with Crippen LogP contribution in [0.2, 0.25) is 0 Å². The molecular weight excluding hydrogens is 328 g/mol. The van der Waals surface area contributed by atoms with Gasteiger partial charge < -0.3 is 0 Å². The average Bonchev–Trinajstić information content (AvgIpc) is 3.23. The zero-order chi connectivity index (χ0) is 15.8. The lowest BCUT2D eigenvalue weighted by molar-refractivity contribution is -0.380. The van der Waals surface area contributed by atoms with Crippen LogP contribution >= 0.6 is 22.7 Å². The zero-order valence-corrected chi connectivity index (χ0v) is 13.4. The first-order valence-electron chi connectivity index (χ1n) is 6.91. The van der Waals surface area contributed by atoms with E-state index in [0.717, 1.165) is 31.2 Å². The standard InChI is InChI=1S/C17H10N2O2S2/c20-19(21)17-10-9-16(23-17)15-8-7-14(22-15)13-6-5-11-3-1-2-4-12(11)18-13/h1-10H. The van der Waals surface area contributed by atoms with Crippen molar-refractivity contribution in [1.29, 1.82) is 0 Å². The molecule has 0 unspecified atom stereocenters. The molecule has 3 heterocycles. The van der Waals surface area contributed by atoms with Crippen LogP contribution in [0.15, 0.2) is 60.7 Å². The summed E-state index contributed by atoms with van der Waals surface area (Å²) in [5.41, 5.74) is 1.89. The van der Waals surface area contributed by atoms with E-state index in [4.69, 9.17) is 4.98 Å². The van der Waals surface area contributed by atoms with Crippen LogP contribution in [-0.2, 0) is 0 Å². The summed E-state index contributed by atoms with van der Waals surface area (Å²) in [7, 11) is 0. The molecule has 6 heteroatoms. The van der Waals surface area contributed by atoms with Gasteiger partial charge in [0.05, 0.1) is 25.9 Å². The highest BCUT2D eigenvalue weighted by Crippen LogP contribution is 2.39. The Hall–Kier alpha value is -2.57. The molecule has 0 bridgehead atoms. The lowest BCUT2D eigenvalue weighted by Gasteiger charge is -2.00.